The molecule has 6 nitrogen and oxygen atoms in total. The highest BCUT2D eigenvalue weighted by atomic mass is 32.2. The van der Waals surface area contributed by atoms with Gasteiger partial charge in [-0.2, -0.15) is 0 Å². The third kappa shape index (κ3) is 5.80. The predicted molar refractivity (Wildman–Crippen MR) is 162 cm³/mol. The first-order valence-corrected chi connectivity index (χ1v) is 15.2. The number of aryl methyl sites for hydroxylation is 1. The van der Waals surface area contributed by atoms with E-state index in [9.17, 15) is 9.59 Å². The van der Waals surface area contributed by atoms with E-state index in [1.165, 1.54) is 24.0 Å². The average molecular weight is 553 g/mol. The van der Waals surface area contributed by atoms with Crippen LogP contribution in [0.1, 0.15) is 52.7 Å². The summed E-state index contributed by atoms with van der Waals surface area (Å²) >= 11 is 1.75. The second-order valence-electron chi connectivity index (χ2n) is 11.0. The second-order valence-corrected chi connectivity index (χ2v) is 12.3. The molecule has 40 heavy (non-hydrogen) atoms. The molecule has 3 aromatic rings. The number of benzene rings is 2. The van der Waals surface area contributed by atoms with E-state index in [1.807, 2.05) is 53.4 Å². The fourth-order valence-electron chi connectivity index (χ4n) is 6.10. The quantitative estimate of drug-likeness (QED) is 0.376. The van der Waals surface area contributed by atoms with E-state index in [4.69, 9.17) is 0 Å². The molecule has 3 heterocycles. The summed E-state index contributed by atoms with van der Waals surface area (Å²) in [6.07, 6.45) is 8.45. The number of nitrogens with zero attached hydrogens (tertiary/aromatic N) is 4. The number of carbonyl (C=O) groups is 2. The topological polar surface area (TPSA) is 56.8 Å². The molecule has 206 valence electrons. The number of anilines is 1. The van der Waals surface area contributed by atoms with Crippen molar-refractivity contribution >= 4 is 35.5 Å². The van der Waals surface area contributed by atoms with Crippen LogP contribution in [0.25, 0.3) is 6.08 Å². The molecule has 1 aliphatic carbocycles. The van der Waals surface area contributed by atoms with Gasteiger partial charge in [0.25, 0.3) is 11.8 Å². The zero-order valence-corrected chi connectivity index (χ0v) is 23.9. The minimum absolute atomic E-state index is 0.0531. The Kier molecular flexibility index (Phi) is 7.91. The summed E-state index contributed by atoms with van der Waals surface area (Å²) in [5, 5.41) is 0.438. The summed E-state index contributed by atoms with van der Waals surface area (Å²) in [5.41, 5.74) is 4.05. The van der Waals surface area contributed by atoms with Crippen LogP contribution < -0.4 is 4.90 Å². The lowest BCUT2D eigenvalue weighted by atomic mass is 9.92. The summed E-state index contributed by atoms with van der Waals surface area (Å²) < 4.78 is 0. The molecule has 0 N–H and O–H groups in total. The number of rotatable bonds is 5. The van der Waals surface area contributed by atoms with Gasteiger partial charge < -0.3 is 14.7 Å². The van der Waals surface area contributed by atoms with Crippen LogP contribution in [0.15, 0.2) is 77.8 Å². The van der Waals surface area contributed by atoms with Crippen LogP contribution in [-0.4, -0.2) is 64.1 Å². The van der Waals surface area contributed by atoms with E-state index in [0.717, 1.165) is 42.2 Å². The van der Waals surface area contributed by atoms with Crippen molar-refractivity contribution in [3.63, 3.8) is 0 Å². The lowest BCUT2D eigenvalue weighted by molar-refractivity contribution is -0.130. The Morgan fingerprint density at radius 1 is 0.975 bits per heavy atom. The van der Waals surface area contributed by atoms with Gasteiger partial charge in [0.15, 0.2) is 0 Å². The smallest absolute Gasteiger partial charge is 0.260 e. The molecule has 2 aromatic carbocycles. The number of carbonyl (C=O) groups excluding carboxylic acids is 2. The first kappa shape index (κ1) is 26.6. The molecule has 3 aliphatic rings. The van der Waals surface area contributed by atoms with Crippen LogP contribution in [0.4, 0.5) is 5.82 Å². The van der Waals surface area contributed by atoms with E-state index in [1.54, 1.807) is 18.0 Å². The van der Waals surface area contributed by atoms with Crippen molar-refractivity contribution in [2.75, 3.05) is 31.1 Å². The Morgan fingerprint density at radius 3 is 2.52 bits per heavy atom. The molecule has 7 heteroatoms. The van der Waals surface area contributed by atoms with Crippen LogP contribution in [-0.2, 0) is 11.3 Å². The molecule has 2 atom stereocenters. The monoisotopic (exact) mass is 552 g/mol. The molecule has 3 fully saturated rings. The van der Waals surface area contributed by atoms with Crippen molar-refractivity contribution in [1.82, 2.24) is 14.8 Å². The summed E-state index contributed by atoms with van der Waals surface area (Å²) in [4.78, 5) is 38.4. The van der Waals surface area contributed by atoms with E-state index in [-0.39, 0.29) is 11.8 Å². The molecule has 0 bridgehead atoms. The number of fused-ring (bicyclic) bond motifs is 1. The van der Waals surface area contributed by atoms with Gasteiger partial charge in [-0.15, -0.1) is 11.8 Å². The highest BCUT2D eigenvalue weighted by molar-refractivity contribution is 8.04. The van der Waals surface area contributed by atoms with E-state index < -0.39 is 0 Å². The fraction of sp³-hybridized carbons (Fsp3) is 0.364. The van der Waals surface area contributed by atoms with Gasteiger partial charge in [0.05, 0.1) is 4.91 Å². The number of amides is 2. The predicted octanol–water partition coefficient (Wildman–Crippen LogP) is 5.78. The van der Waals surface area contributed by atoms with Crippen LogP contribution in [0.3, 0.4) is 0 Å². The third-order valence-corrected chi connectivity index (χ3v) is 9.65. The third-order valence-electron chi connectivity index (χ3n) is 8.25. The molecular weight excluding hydrogens is 516 g/mol. The maximum absolute atomic E-state index is 13.8. The first-order valence-electron chi connectivity index (χ1n) is 14.4. The number of pyridine rings is 1. The maximum atomic E-state index is 13.8. The zero-order chi connectivity index (χ0) is 27.5. The van der Waals surface area contributed by atoms with Gasteiger partial charge in [0, 0.05) is 55.8 Å². The van der Waals surface area contributed by atoms with E-state index in [2.05, 4.69) is 46.0 Å². The average Bonchev–Trinajstić information content (AvgIpc) is 3.00. The molecule has 2 saturated heterocycles. The van der Waals surface area contributed by atoms with Crippen LogP contribution in [0.2, 0.25) is 0 Å². The lowest BCUT2D eigenvalue weighted by Crippen LogP contribution is -2.50. The van der Waals surface area contributed by atoms with Gasteiger partial charge in [-0.1, -0.05) is 60.9 Å². The largest absolute Gasteiger partial charge is 0.353 e. The summed E-state index contributed by atoms with van der Waals surface area (Å²) in [6.45, 7) is 5.64. The van der Waals surface area contributed by atoms with Crippen molar-refractivity contribution in [2.24, 2.45) is 0 Å². The van der Waals surface area contributed by atoms with E-state index >= 15 is 0 Å². The Hall–Kier alpha value is -3.58. The molecule has 2 amide bonds. The van der Waals surface area contributed by atoms with Crippen molar-refractivity contribution < 1.29 is 9.59 Å². The molecular formula is C33H36N4O2S. The van der Waals surface area contributed by atoms with Crippen LogP contribution in [0, 0.1) is 6.92 Å². The molecule has 6 rings (SSSR count). The summed E-state index contributed by atoms with van der Waals surface area (Å²) in [5.74, 6) is 1.14. The van der Waals surface area contributed by atoms with Crippen LogP contribution in [0.5, 0.6) is 0 Å². The van der Waals surface area contributed by atoms with Gasteiger partial charge in [-0.3, -0.25) is 9.59 Å². The molecule has 1 saturated carbocycles. The number of piperazine rings is 1. The van der Waals surface area contributed by atoms with Crippen molar-refractivity contribution in [2.45, 2.75) is 50.4 Å². The van der Waals surface area contributed by atoms with Gasteiger partial charge in [-0.25, -0.2) is 4.98 Å². The first-order chi connectivity index (χ1) is 19.5. The maximum Gasteiger partial charge on any atom is 0.260 e. The number of hydrogen-bond donors (Lipinski definition) is 0. The van der Waals surface area contributed by atoms with Gasteiger partial charge in [0.2, 0.25) is 0 Å². The molecule has 0 radical (unpaired) electrons. The number of thioether (sulfide) groups is 1. The fourth-order valence-corrected chi connectivity index (χ4v) is 7.58. The molecule has 2 unspecified atom stereocenters. The second kappa shape index (κ2) is 11.9. The Balaban J connectivity index is 1.14. The number of hydrogen-bond acceptors (Lipinski definition) is 5. The lowest BCUT2D eigenvalue weighted by Gasteiger charge is -2.44. The van der Waals surface area contributed by atoms with Crippen LogP contribution >= 0.6 is 11.8 Å². The Morgan fingerprint density at radius 2 is 1.77 bits per heavy atom. The van der Waals surface area contributed by atoms with Gasteiger partial charge >= 0.3 is 0 Å². The Bertz CT molecular complexity index is 1380. The molecule has 2 aliphatic heterocycles. The SMILES string of the molecule is Cc1cccc(CN2C(=O)/C(=C\c3ccc(C(=O)N4CCN(c5ccccn5)CC4)cc3)SC3CCCCC32)c1. The zero-order valence-electron chi connectivity index (χ0n) is 23.0. The molecule has 0 spiro atoms. The minimum atomic E-state index is 0.0531. The standard InChI is InChI=1S/C33H36N4O2S/c1-24-7-6-8-26(21-24)23-37-28-9-2-3-10-29(28)40-30(33(37)39)22-25-12-14-27(15-13-25)32(38)36-19-17-35(18-20-36)31-11-4-5-16-34-31/h4-8,11-16,21-22,28-29H,2-3,9-10,17-20,23H2,1H3/b30-22+. The van der Waals surface area contributed by atoms with Crippen molar-refractivity contribution in [3.05, 3.63) is 100 Å². The van der Waals surface area contributed by atoms with E-state index in [0.29, 0.717) is 36.5 Å². The Labute approximate surface area is 241 Å². The minimum Gasteiger partial charge on any atom is -0.353 e. The highest BCUT2D eigenvalue weighted by Gasteiger charge is 2.40. The van der Waals surface area contributed by atoms with Gasteiger partial charge in [0.1, 0.15) is 5.82 Å². The summed E-state index contributed by atoms with van der Waals surface area (Å²) in [7, 11) is 0. The van der Waals surface area contributed by atoms with Crippen molar-refractivity contribution in [1.29, 1.82) is 0 Å². The van der Waals surface area contributed by atoms with Gasteiger partial charge in [-0.05, 0) is 61.2 Å². The van der Waals surface area contributed by atoms with Crippen molar-refractivity contribution in [3.8, 4) is 0 Å². The highest BCUT2D eigenvalue weighted by Crippen LogP contribution is 2.42. The normalized spacial score (nSPS) is 22.4. The number of aromatic nitrogens is 1. The molecule has 1 aromatic heterocycles. The summed E-state index contributed by atoms with van der Waals surface area (Å²) in [6, 6.07) is 22.4.